The van der Waals surface area contributed by atoms with Crippen LogP contribution in [0, 0.1) is 25.7 Å². The van der Waals surface area contributed by atoms with Crippen molar-refractivity contribution in [1.29, 1.82) is 0 Å². The first-order valence-electron chi connectivity index (χ1n) is 10.1. The molecule has 2 aromatic rings. The SMILES string of the molecule is Cc1cc(CN2C[C@H]3C[C@@H](Oc4ccc5c(c4)OCO5)[C@H](O)C[C@H]3C2)oc1C. The second-order valence-corrected chi connectivity index (χ2v) is 8.38. The molecule has 1 aliphatic carbocycles. The van der Waals surface area contributed by atoms with Gasteiger partial charge < -0.3 is 23.7 Å². The fraction of sp³-hybridized carbons (Fsp3) is 0.545. The highest BCUT2D eigenvalue weighted by atomic mass is 16.7. The average Bonchev–Trinajstić information content (AvgIpc) is 3.34. The number of fused-ring (bicyclic) bond motifs is 2. The molecule has 0 amide bonds. The molecule has 1 aromatic heterocycles. The molecule has 28 heavy (non-hydrogen) atoms. The van der Waals surface area contributed by atoms with Gasteiger partial charge in [-0.2, -0.15) is 0 Å². The topological polar surface area (TPSA) is 64.3 Å². The Morgan fingerprint density at radius 3 is 2.64 bits per heavy atom. The number of furan rings is 1. The minimum Gasteiger partial charge on any atom is -0.488 e. The number of hydrogen-bond donors (Lipinski definition) is 1. The zero-order valence-corrected chi connectivity index (χ0v) is 16.4. The van der Waals surface area contributed by atoms with Crippen LogP contribution in [-0.4, -0.2) is 42.1 Å². The molecule has 3 aliphatic rings. The predicted octanol–water partition coefficient (Wildman–Crippen LogP) is 3.28. The van der Waals surface area contributed by atoms with Gasteiger partial charge in [-0.1, -0.05) is 0 Å². The molecular weight excluding hydrogens is 358 g/mol. The van der Waals surface area contributed by atoms with E-state index in [9.17, 15) is 5.11 Å². The largest absolute Gasteiger partial charge is 0.488 e. The van der Waals surface area contributed by atoms with E-state index >= 15 is 0 Å². The second-order valence-electron chi connectivity index (χ2n) is 8.38. The molecular formula is C22H27NO5. The Hall–Kier alpha value is -2.18. The summed E-state index contributed by atoms with van der Waals surface area (Å²) in [6.07, 6.45) is 1.02. The van der Waals surface area contributed by atoms with E-state index < -0.39 is 6.10 Å². The highest BCUT2D eigenvalue weighted by molar-refractivity contribution is 5.47. The summed E-state index contributed by atoms with van der Waals surface area (Å²) in [5.41, 5.74) is 1.21. The van der Waals surface area contributed by atoms with Gasteiger partial charge >= 0.3 is 0 Å². The van der Waals surface area contributed by atoms with Gasteiger partial charge in [0.25, 0.3) is 0 Å². The molecule has 0 spiro atoms. The molecule has 2 fully saturated rings. The van der Waals surface area contributed by atoms with Gasteiger partial charge in [0.15, 0.2) is 11.5 Å². The third-order valence-electron chi connectivity index (χ3n) is 6.39. The number of aryl methyl sites for hydroxylation is 2. The van der Waals surface area contributed by atoms with Gasteiger partial charge in [0.1, 0.15) is 23.4 Å². The first-order chi connectivity index (χ1) is 13.5. The van der Waals surface area contributed by atoms with Gasteiger partial charge in [-0.15, -0.1) is 0 Å². The van der Waals surface area contributed by atoms with Gasteiger partial charge in [-0.25, -0.2) is 0 Å². The summed E-state index contributed by atoms with van der Waals surface area (Å²) in [4.78, 5) is 2.45. The summed E-state index contributed by atoms with van der Waals surface area (Å²) < 4.78 is 22.8. The van der Waals surface area contributed by atoms with Crippen molar-refractivity contribution in [3.05, 3.63) is 41.3 Å². The van der Waals surface area contributed by atoms with E-state index in [1.54, 1.807) is 0 Å². The first kappa shape index (κ1) is 17.9. The fourth-order valence-corrected chi connectivity index (χ4v) is 4.82. The maximum Gasteiger partial charge on any atom is 0.231 e. The van der Waals surface area contributed by atoms with Crippen LogP contribution in [0.3, 0.4) is 0 Å². The lowest BCUT2D eigenvalue weighted by Gasteiger charge is -2.35. The molecule has 0 unspecified atom stereocenters. The maximum absolute atomic E-state index is 10.7. The van der Waals surface area contributed by atoms with Crippen LogP contribution in [0.2, 0.25) is 0 Å². The van der Waals surface area contributed by atoms with Crippen LogP contribution < -0.4 is 14.2 Å². The highest BCUT2D eigenvalue weighted by Crippen LogP contribution is 2.40. The van der Waals surface area contributed by atoms with Crippen molar-refractivity contribution >= 4 is 0 Å². The van der Waals surface area contributed by atoms with E-state index in [4.69, 9.17) is 18.6 Å². The lowest BCUT2D eigenvalue weighted by Crippen LogP contribution is -2.42. The van der Waals surface area contributed by atoms with Crippen molar-refractivity contribution in [1.82, 2.24) is 4.90 Å². The Bertz CT molecular complexity index is 843. The van der Waals surface area contributed by atoms with Crippen LogP contribution in [0.25, 0.3) is 0 Å². The van der Waals surface area contributed by atoms with E-state index in [-0.39, 0.29) is 12.9 Å². The van der Waals surface area contributed by atoms with Crippen molar-refractivity contribution in [2.45, 2.75) is 45.4 Å². The molecule has 1 saturated carbocycles. The molecule has 2 aliphatic heterocycles. The third-order valence-corrected chi connectivity index (χ3v) is 6.39. The molecule has 5 rings (SSSR count). The Morgan fingerprint density at radius 2 is 1.86 bits per heavy atom. The lowest BCUT2D eigenvalue weighted by molar-refractivity contribution is -0.0232. The molecule has 1 aromatic carbocycles. The van der Waals surface area contributed by atoms with Crippen molar-refractivity contribution in [3.63, 3.8) is 0 Å². The Kier molecular flexibility index (Phi) is 4.48. The second kappa shape index (κ2) is 7.01. The quantitative estimate of drug-likeness (QED) is 0.872. The third kappa shape index (κ3) is 3.35. The normalized spacial score (nSPS) is 29.1. The van der Waals surface area contributed by atoms with Gasteiger partial charge in [0.05, 0.1) is 12.6 Å². The number of rotatable bonds is 4. The van der Waals surface area contributed by atoms with Crippen LogP contribution >= 0.6 is 0 Å². The van der Waals surface area contributed by atoms with Gasteiger partial charge in [-0.05, 0) is 62.3 Å². The van der Waals surface area contributed by atoms with E-state index in [2.05, 4.69) is 17.9 Å². The summed E-state index contributed by atoms with van der Waals surface area (Å²) in [6, 6.07) is 7.73. The standard InChI is InChI=1S/C22H27NO5/c1-13-5-18(27-14(13)2)11-23-9-15-6-19(24)21(7-16(15)10-23)28-17-3-4-20-22(8-17)26-12-25-20/h3-5,8,15-16,19,21,24H,6-7,9-12H2,1-2H3/t15-,16+,19+,21+/m0/s1. The fourth-order valence-electron chi connectivity index (χ4n) is 4.82. The van der Waals surface area contributed by atoms with Gasteiger partial charge in [-0.3, -0.25) is 4.90 Å². The minimum absolute atomic E-state index is 0.185. The summed E-state index contributed by atoms with van der Waals surface area (Å²) >= 11 is 0. The zero-order valence-electron chi connectivity index (χ0n) is 16.4. The molecule has 1 N–H and O–H groups in total. The van der Waals surface area contributed by atoms with E-state index in [1.807, 2.05) is 25.1 Å². The van der Waals surface area contributed by atoms with Crippen LogP contribution in [-0.2, 0) is 6.54 Å². The van der Waals surface area contributed by atoms with Crippen molar-refractivity contribution in [2.24, 2.45) is 11.8 Å². The number of likely N-dealkylation sites (tertiary alicyclic amines) is 1. The number of aliphatic hydroxyl groups is 1. The number of aliphatic hydroxyl groups excluding tert-OH is 1. The smallest absolute Gasteiger partial charge is 0.231 e. The predicted molar refractivity (Wildman–Crippen MR) is 103 cm³/mol. The highest BCUT2D eigenvalue weighted by Gasteiger charge is 2.42. The van der Waals surface area contributed by atoms with Crippen molar-refractivity contribution in [3.8, 4) is 17.2 Å². The molecule has 3 heterocycles. The number of hydrogen-bond acceptors (Lipinski definition) is 6. The monoisotopic (exact) mass is 385 g/mol. The van der Waals surface area contributed by atoms with E-state index in [0.717, 1.165) is 55.5 Å². The molecule has 1 saturated heterocycles. The Labute approximate surface area is 165 Å². The van der Waals surface area contributed by atoms with Crippen molar-refractivity contribution in [2.75, 3.05) is 19.9 Å². The average molecular weight is 385 g/mol. The molecule has 6 nitrogen and oxygen atoms in total. The summed E-state index contributed by atoms with van der Waals surface area (Å²) in [6.45, 7) is 7.22. The molecule has 4 atom stereocenters. The lowest BCUT2D eigenvalue weighted by atomic mass is 9.78. The molecule has 150 valence electrons. The maximum atomic E-state index is 10.7. The Morgan fingerprint density at radius 1 is 1.07 bits per heavy atom. The van der Waals surface area contributed by atoms with Gasteiger partial charge in [0, 0.05) is 19.2 Å². The van der Waals surface area contributed by atoms with E-state index in [1.165, 1.54) is 5.56 Å². The van der Waals surface area contributed by atoms with Crippen LogP contribution in [0.1, 0.15) is 29.9 Å². The van der Waals surface area contributed by atoms with E-state index in [0.29, 0.717) is 17.6 Å². The molecule has 6 heteroatoms. The Balaban J connectivity index is 1.22. The molecule has 0 bridgehead atoms. The van der Waals surface area contributed by atoms with Crippen LogP contribution in [0.4, 0.5) is 0 Å². The van der Waals surface area contributed by atoms with Crippen molar-refractivity contribution < 1.29 is 23.7 Å². The number of ether oxygens (including phenoxy) is 3. The molecule has 0 radical (unpaired) electrons. The summed E-state index contributed by atoms with van der Waals surface area (Å²) in [5.74, 6) is 5.26. The first-order valence-corrected chi connectivity index (χ1v) is 10.1. The summed E-state index contributed by atoms with van der Waals surface area (Å²) in [5, 5.41) is 10.7. The zero-order chi connectivity index (χ0) is 19.3. The van der Waals surface area contributed by atoms with Crippen LogP contribution in [0.5, 0.6) is 17.2 Å². The summed E-state index contributed by atoms with van der Waals surface area (Å²) in [7, 11) is 0. The van der Waals surface area contributed by atoms with Gasteiger partial charge in [0.2, 0.25) is 6.79 Å². The number of benzene rings is 1. The minimum atomic E-state index is -0.445. The number of nitrogens with zero attached hydrogens (tertiary/aromatic N) is 1. The van der Waals surface area contributed by atoms with Crippen LogP contribution in [0.15, 0.2) is 28.7 Å².